The van der Waals surface area contributed by atoms with Crippen LogP contribution in [-0.2, 0) is 15.0 Å². The fraction of sp³-hybridized carbons (Fsp3) is 0.467. The van der Waals surface area contributed by atoms with Gasteiger partial charge >= 0.3 is 0 Å². The van der Waals surface area contributed by atoms with Gasteiger partial charge in [0.1, 0.15) is 0 Å². The second-order valence-corrected chi connectivity index (χ2v) is 5.61. The maximum Gasteiger partial charge on any atom is 0.246 e. The summed E-state index contributed by atoms with van der Waals surface area (Å²) in [6.45, 7) is 0.488. The number of nitrogens with two attached hydrogens (primary N) is 1. The minimum absolute atomic E-state index is 0.0242. The van der Waals surface area contributed by atoms with Gasteiger partial charge in [-0.1, -0.05) is 30.3 Å². The van der Waals surface area contributed by atoms with Crippen molar-refractivity contribution < 1.29 is 9.59 Å². The molecule has 0 radical (unpaired) electrons. The minimum Gasteiger partial charge on any atom is -0.320 e. The molecule has 19 heavy (non-hydrogen) atoms. The van der Waals surface area contributed by atoms with Crippen LogP contribution >= 0.6 is 0 Å². The number of carbonyl (C=O) groups excluding carboxylic acids is 2. The van der Waals surface area contributed by atoms with E-state index in [2.05, 4.69) is 12.1 Å². The molecule has 1 saturated heterocycles. The average Bonchev–Trinajstić information content (AvgIpc) is 3.21. The highest BCUT2D eigenvalue weighted by molar-refractivity contribution is 6.00. The Kier molecular flexibility index (Phi) is 2.90. The van der Waals surface area contributed by atoms with Crippen LogP contribution in [0, 0.1) is 0 Å². The van der Waals surface area contributed by atoms with E-state index in [-0.39, 0.29) is 17.2 Å². The van der Waals surface area contributed by atoms with Crippen molar-refractivity contribution in [1.29, 1.82) is 0 Å². The third kappa shape index (κ3) is 2.16. The van der Waals surface area contributed by atoms with Gasteiger partial charge in [0.15, 0.2) is 0 Å². The zero-order valence-corrected chi connectivity index (χ0v) is 10.8. The standard InChI is InChI=1S/C15H18N2O2/c16-12-6-7-13(18)17(14(12)19)10-15(8-9-15)11-4-2-1-3-5-11/h1-5,12H,6-10,16H2/t12-/m0/s1. The minimum atomic E-state index is -0.510. The first kappa shape index (κ1) is 12.4. The summed E-state index contributed by atoms with van der Waals surface area (Å²) in [6, 6.07) is 9.62. The Hall–Kier alpha value is -1.68. The van der Waals surface area contributed by atoms with E-state index in [9.17, 15) is 9.59 Å². The van der Waals surface area contributed by atoms with Gasteiger partial charge in [-0.05, 0) is 24.8 Å². The molecule has 2 N–H and O–H groups in total. The quantitative estimate of drug-likeness (QED) is 0.828. The van der Waals surface area contributed by atoms with Crippen LogP contribution in [0.25, 0.3) is 0 Å². The van der Waals surface area contributed by atoms with Gasteiger partial charge in [-0.15, -0.1) is 0 Å². The van der Waals surface area contributed by atoms with Crippen LogP contribution in [0.5, 0.6) is 0 Å². The highest BCUT2D eigenvalue weighted by atomic mass is 16.2. The molecule has 2 aliphatic rings. The van der Waals surface area contributed by atoms with Gasteiger partial charge in [-0.2, -0.15) is 0 Å². The molecule has 2 amide bonds. The van der Waals surface area contributed by atoms with Crippen molar-refractivity contribution in [1.82, 2.24) is 4.90 Å². The van der Waals surface area contributed by atoms with E-state index in [1.807, 2.05) is 18.2 Å². The molecule has 0 unspecified atom stereocenters. The van der Waals surface area contributed by atoms with E-state index < -0.39 is 6.04 Å². The number of benzene rings is 1. The van der Waals surface area contributed by atoms with Gasteiger partial charge in [0.2, 0.25) is 11.8 Å². The number of imide groups is 1. The molecule has 1 aliphatic carbocycles. The Balaban J connectivity index is 1.81. The third-order valence-electron chi connectivity index (χ3n) is 4.25. The number of amides is 2. The first-order valence-electron chi connectivity index (χ1n) is 6.78. The Morgan fingerprint density at radius 3 is 2.53 bits per heavy atom. The molecular formula is C15H18N2O2. The molecule has 2 fully saturated rings. The summed E-state index contributed by atoms with van der Waals surface area (Å²) >= 11 is 0. The predicted molar refractivity (Wildman–Crippen MR) is 71.3 cm³/mol. The van der Waals surface area contributed by atoms with Crippen molar-refractivity contribution in [2.45, 2.75) is 37.1 Å². The number of hydrogen-bond acceptors (Lipinski definition) is 3. The molecule has 4 nitrogen and oxygen atoms in total. The van der Waals surface area contributed by atoms with Gasteiger partial charge in [-0.3, -0.25) is 14.5 Å². The normalized spacial score (nSPS) is 25.5. The topological polar surface area (TPSA) is 63.4 Å². The van der Waals surface area contributed by atoms with Crippen molar-refractivity contribution in [3.05, 3.63) is 35.9 Å². The maximum absolute atomic E-state index is 12.1. The molecule has 0 spiro atoms. The number of carbonyl (C=O) groups is 2. The molecule has 4 heteroatoms. The summed E-state index contributed by atoms with van der Waals surface area (Å²) < 4.78 is 0. The van der Waals surface area contributed by atoms with E-state index >= 15 is 0 Å². The smallest absolute Gasteiger partial charge is 0.246 e. The molecule has 1 aromatic rings. The predicted octanol–water partition coefficient (Wildman–Crippen LogP) is 1.19. The van der Waals surface area contributed by atoms with Crippen LogP contribution in [0.2, 0.25) is 0 Å². The Bertz CT molecular complexity index is 508. The molecule has 1 saturated carbocycles. The molecule has 1 heterocycles. The number of hydrogen-bond donors (Lipinski definition) is 1. The zero-order chi connectivity index (χ0) is 13.5. The Labute approximate surface area is 112 Å². The SMILES string of the molecule is N[C@H]1CCC(=O)N(CC2(c3ccccc3)CC2)C1=O. The van der Waals surface area contributed by atoms with Crippen molar-refractivity contribution in [2.24, 2.45) is 5.73 Å². The zero-order valence-electron chi connectivity index (χ0n) is 10.8. The van der Waals surface area contributed by atoms with Crippen LogP contribution in [0.3, 0.4) is 0 Å². The second kappa shape index (κ2) is 4.46. The van der Waals surface area contributed by atoms with Gasteiger partial charge < -0.3 is 5.73 Å². The molecule has 3 rings (SSSR count). The van der Waals surface area contributed by atoms with E-state index in [1.54, 1.807) is 0 Å². The summed E-state index contributed by atoms with van der Waals surface area (Å²) in [5, 5.41) is 0. The first-order valence-corrected chi connectivity index (χ1v) is 6.78. The second-order valence-electron chi connectivity index (χ2n) is 5.61. The molecular weight excluding hydrogens is 240 g/mol. The van der Waals surface area contributed by atoms with Gasteiger partial charge in [-0.25, -0.2) is 0 Å². The van der Waals surface area contributed by atoms with Gasteiger partial charge in [0.25, 0.3) is 0 Å². The lowest BCUT2D eigenvalue weighted by Crippen LogP contribution is -2.53. The molecule has 1 aliphatic heterocycles. The van der Waals surface area contributed by atoms with Crippen LogP contribution in [0.4, 0.5) is 0 Å². The molecule has 100 valence electrons. The van der Waals surface area contributed by atoms with Gasteiger partial charge in [0, 0.05) is 18.4 Å². The molecule has 1 atom stereocenters. The first-order chi connectivity index (χ1) is 9.12. The highest BCUT2D eigenvalue weighted by Crippen LogP contribution is 2.49. The monoisotopic (exact) mass is 258 g/mol. The van der Waals surface area contributed by atoms with Crippen molar-refractivity contribution >= 4 is 11.8 Å². The van der Waals surface area contributed by atoms with Crippen LogP contribution < -0.4 is 5.73 Å². The fourth-order valence-electron chi connectivity index (χ4n) is 2.81. The lowest BCUT2D eigenvalue weighted by molar-refractivity contribution is -0.149. The number of nitrogens with zero attached hydrogens (tertiary/aromatic N) is 1. The Morgan fingerprint density at radius 1 is 1.21 bits per heavy atom. The van der Waals surface area contributed by atoms with Crippen LogP contribution in [-0.4, -0.2) is 29.3 Å². The average molecular weight is 258 g/mol. The number of likely N-dealkylation sites (tertiary alicyclic amines) is 1. The Morgan fingerprint density at radius 2 is 1.89 bits per heavy atom. The summed E-state index contributed by atoms with van der Waals surface area (Å²) in [5.41, 5.74) is 6.96. The number of rotatable bonds is 3. The summed E-state index contributed by atoms with van der Waals surface area (Å²) in [6.07, 6.45) is 2.93. The van der Waals surface area contributed by atoms with Crippen molar-refractivity contribution in [2.75, 3.05) is 6.54 Å². The summed E-state index contributed by atoms with van der Waals surface area (Å²) in [7, 11) is 0. The third-order valence-corrected chi connectivity index (χ3v) is 4.25. The van der Waals surface area contributed by atoms with Crippen molar-refractivity contribution in [3.8, 4) is 0 Å². The fourth-order valence-corrected chi connectivity index (χ4v) is 2.81. The van der Waals surface area contributed by atoms with Crippen molar-refractivity contribution in [3.63, 3.8) is 0 Å². The van der Waals surface area contributed by atoms with Crippen LogP contribution in [0.1, 0.15) is 31.2 Å². The lowest BCUT2D eigenvalue weighted by Gasteiger charge is -2.32. The largest absolute Gasteiger partial charge is 0.320 e. The molecule has 0 aromatic heterocycles. The lowest BCUT2D eigenvalue weighted by atomic mass is 9.93. The van der Waals surface area contributed by atoms with E-state index in [0.29, 0.717) is 19.4 Å². The van der Waals surface area contributed by atoms with Crippen LogP contribution in [0.15, 0.2) is 30.3 Å². The van der Waals surface area contributed by atoms with E-state index in [4.69, 9.17) is 5.73 Å². The van der Waals surface area contributed by atoms with E-state index in [1.165, 1.54) is 10.5 Å². The molecule has 1 aromatic carbocycles. The molecule has 0 bridgehead atoms. The maximum atomic E-state index is 12.1. The number of piperidine rings is 1. The van der Waals surface area contributed by atoms with E-state index in [0.717, 1.165) is 12.8 Å². The highest BCUT2D eigenvalue weighted by Gasteiger charge is 2.48. The van der Waals surface area contributed by atoms with Gasteiger partial charge in [0.05, 0.1) is 6.04 Å². The summed E-state index contributed by atoms with van der Waals surface area (Å²) in [4.78, 5) is 25.4. The summed E-state index contributed by atoms with van der Waals surface area (Å²) in [5.74, 6) is -0.285.